The molecule has 1 saturated heterocycles. The van der Waals surface area contributed by atoms with Crippen LogP contribution in [0.2, 0.25) is 0 Å². The Bertz CT molecular complexity index is 982. The van der Waals surface area contributed by atoms with Crippen molar-refractivity contribution in [3.8, 4) is 0 Å². The number of nitrogens with one attached hydrogen (secondary N) is 2. The SMILES string of the molecule is Cc1ccc(NC(=O)CCCNC(=O)c2ccco2)cc1S(=O)(=O)N1CCOCC1. The van der Waals surface area contributed by atoms with Gasteiger partial charge in [-0.05, 0) is 43.2 Å². The normalized spacial score (nSPS) is 15.0. The Morgan fingerprint density at radius 1 is 1.17 bits per heavy atom. The Hall–Kier alpha value is -2.69. The van der Waals surface area contributed by atoms with Crippen molar-refractivity contribution in [2.24, 2.45) is 0 Å². The number of anilines is 1. The number of benzene rings is 1. The zero-order valence-electron chi connectivity index (χ0n) is 16.7. The lowest BCUT2D eigenvalue weighted by Gasteiger charge is -2.26. The first-order chi connectivity index (χ1) is 14.4. The number of morpholine rings is 1. The molecule has 162 valence electrons. The van der Waals surface area contributed by atoms with Crippen molar-refractivity contribution in [2.45, 2.75) is 24.7 Å². The summed E-state index contributed by atoms with van der Waals surface area (Å²) >= 11 is 0. The molecule has 1 aromatic heterocycles. The van der Waals surface area contributed by atoms with Gasteiger partial charge in [0.1, 0.15) is 0 Å². The van der Waals surface area contributed by atoms with Gasteiger partial charge in [-0.25, -0.2) is 8.42 Å². The van der Waals surface area contributed by atoms with Crippen LogP contribution in [-0.4, -0.2) is 57.4 Å². The van der Waals surface area contributed by atoms with E-state index in [1.807, 2.05) is 0 Å². The third-order valence-electron chi connectivity index (χ3n) is 4.67. The van der Waals surface area contributed by atoms with E-state index in [0.717, 1.165) is 0 Å². The largest absolute Gasteiger partial charge is 0.459 e. The highest BCUT2D eigenvalue weighted by atomic mass is 32.2. The molecule has 1 aliphatic heterocycles. The Labute approximate surface area is 175 Å². The van der Waals surface area contributed by atoms with Gasteiger partial charge in [-0.3, -0.25) is 9.59 Å². The number of furan rings is 1. The van der Waals surface area contributed by atoms with Gasteiger partial charge in [-0.2, -0.15) is 4.31 Å². The van der Waals surface area contributed by atoms with Crippen molar-refractivity contribution < 1.29 is 27.2 Å². The van der Waals surface area contributed by atoms with Gasteiger partial charge < -0.3 is 19.8 Å². The third kappa shape index (κ3) is 5.47. The maximum Gasteiger partial charge on any atom is 0.286 e. The fraction of sp³-hybridized carbons (Fsp3) is 0.400. The van der Waals surface area contributed by atoms with Crippen molar-refractivity contribution in [3.05, 3.63) is 47.9 Å². The number of sulfonamides is 1. The molecule has 0 saturated carbocycles. The molecule has 1 fully saturated rings. The van der Waals surface area contributed by atoms with E-state index in [1.165, 1.54) is 16.6 Å². The third-order valence-corrected chi connectivity index (χ3v) is 6.71. The molecule has 0 bridgehead atoms. The van der Waals surface area contributed by atoms with Crippen LogP contribution in [0.15, 0.2) is 45.9 Å². The predicted octanol–water partition coefficient (Wildman–Crippen LogP) is 1.76. The highest BCUT2D eigenvalue weighted by Crippen LogP contribution is 2.24. The topological polar surface area (TPSA) is 118 Å². The lowest BCUT2D eigenvalue weighted by atomic mass is 10.2. The molecule has 0 radical (unpaired) electrons. The van der Waals surface area contributed by atoms with Crippen LogP contribution in [0.3, 0.4) is 0 Å². The van der Waals surface area contributed by atoms with Gasteiger partial charge in [0.15, 0.2) is 5.76 Å². The summed E-state index contributed by atoms with van der Waals surface area (Å²) in [6.07, 6.45) is 2.03. The van der Waals surface area contributed by atoms with Crippen LogP contribution in [-0.2, 0) is 19.6 Å². The van der Waals surface area contributed by atoms with Crippen molar-refractivity contribution >= 4 is 27.5 Å². The van der Waals surface area contributed by atoms with E-state index in [0.29, 0.717) is 50.5 Å². The number of carbonyl (C=O) groups excluding carboxylic acids is 2. The minimum absolute atomic E-state index is 0.174. The smallest absolute Gasteiger partial charge is 0.286 e. The second kappa shape index (κ2) is 9.88. The number of ether oxygens (including phenoxy) is 1. The summed E-state index contributed by atoms with van der Waals surface area (Å²) < 4.78 is 37.5. The molecule has 2 heterocycles. The summed E-state index contributed by atoms with van der Waals surface area (Å²) in [5.74, 6) is -0.383. The van der Waals surface area contributed by atoms with E-state index in [9.17, 15) is 18.0 Å². The maximum absolute atomic E-state index is 12.9. The van der Waals surface area contributed by atoms with Crippen LogP contribution in [0, 0.1) is 6.92 Å². The fourth-order valence-corrected chi connectivity index (χ4v) is 4.71. The standard InChI is InChI=1S/C20H25N3O6S/c1-15-6-7-16(14-18(15)30(26,27)23-9-12-28-13-10-23)22-19(24)5-2-8-21-20(25)17-4-3-11-29-17/h3-4,6-7,11,14H,2,5,8-10,12-13H2,1H3,(H,21,25)(H,22,24). The van der Waals surface area contributed by atoms with Gasteiger partial charge in [0.25, 0.3) is 5.91 Å². The van der Waals surface area contributed by atoms with E-state index in [4.69, 9.17) is 9.15 Å². The molecular weight excluding hydrogens is 410 g/mol. The average Bonchev–Trinajstić information content (AvgIpc) is 3.28. The predicted molar refractivity (Wildman–Crippen MR) is 110 cm³/mol. The lowest BCUT2D eigenvalue weighted by Crippen LogP contribution is -2.40. The number of aryl methyl sites for hydroxylation is 1. The molecule has 30 heavy (non-hydrogen) atoms. The summed E-state index contributed by atoms with van der Waals surface area (Å²) in [4.78, 5) is 24.1. The van der Waals surface area contributed by atoms with Gasteiger partial charge in [-0.15, -0.1) is 0 Å². The Morgan fingerprint density at radius 3 is 2.63 bits per heavy atom. The van der Waals surface area contributed by atoms with Gasteiger partial charge >= 0.3 is 0 Å². The lowest BCUT2D eigenvalue weighted by molar-refractivity contribution is -0.116. The molecule has 10 heteroatoms. The molecule has 2 N–H and O–H groups in total. The van der Waals surface area contributed by atoms with Gasteiger partial charge in [0.05, 0.1) is 24.4 Å². The van der Waals surface area contributed by atoms with E-state index in [2.05, 4.69) is 10.6 Å². The van der Waals surface area contributed by atoms with E-state index < -0.39 is 10.0 Å². The summed E-state index contributed by atoms with van der Waals surface area (Å²) in [7, 11) is -3.66. The molecule has 2 aromatic rings. The second-order valence-electron chi connectivity index (χ2n) is 6.88. The van der Waals surface area contributed by atoms with Crippen LogP contribution in [0.5, 0.6) is 0 Å². The molecule has 9 nitrogen and oxygen atoms in total. The number of hydrogen-bond acceptors (Lipinski definition) is 6. The number of nitrogens with zero attached hydrogens (tertiary/aromatic N) is 1. The summed E-state index contributed by atoms with van der Waals surface area (Å²) in [5.41, 5.74) is 1.03. The number of rotatable bonds is 8. The van der Waals surface area contributed by atoms with E-state index in [-0.39, 0.29) is 28.9 Å². The Morgan fingerprint density at radius 2 is 1.93 bits per heavy atom. The summed E-state index contributed by atoms with van der Waals surface area (Å²) in [6, 6.07) is 8.01. The summed E-state index contributed by atoms with van der Waals surface area (Å²) in [5, 5.41) is 5.39. The zero-order valence-corrected chi connectivity index (χ0v) is 17.5. The molecule has 2 amide bonds. The number of amides is 2. The number of carbonyl (C=O) groups is 2. The maximum atomic E-state index is 12.9. The van der Waals surface area contributed by atoms with Crippen molar-refractivity contribution in [3.63, 3.8) is 0 Å². The van der Waals surface area contributed by atoms with Gasteiger partial charge in [0.2, 0.25) is 15.9 Å². The van der Waals surface area contributed by atoms with Crippen molar-refractivity contribution in [1.82, 2.24) is 9.62 Å². The van der Waals surface area contributed by atoms with Gasteiger partial charge in [-0.1, -0.05) is 6.07 Å². The van der Waals surface area contributed by atoms with Crippen molar-refractivity contribution in [2.75, 3.05) is 38.2 Å². The highest BCUT2D eigenvalue weighted by molar-refractivity contribution is 7.89. The zero-order chi connectivity index (χ0) is 21.6. The number of hydrogen-bond donors (Lipinski definition) is 2. The first-order valence-corrected chi connectivity index (χ1v) is 11.1. The molecule has 0 atom stereocenters. The van der Waals surface area contributed by atoms with E-state index >= 15 is 0 Å². The molecular formula is C20H25N3O6S. The first kappa shape index (κ1) is 22.0. The highest BCUT2D eigenvalue weighted by Gasteiger charge is 2.28. The van der Waals surface area contributed by atoms with Crippen LogP contribution in [0.25, 0.3) is 0 Å². The van der Waals surface area contributed by atoms with Crippen LogP contribution in [0.1, 0.15) is 29.0 Å². The second-order valence-corrected chi connectivity index (χ2v) is 8.79. The average molecular weight is 436 g/mol. The fourth-order valence-electron chi connectivity index (χ4n) is 3.05. The van der Waals surface area contributed by atoms with Crippen LogP contribution >= 0.6 is 0 Å². The molecule has 3 rings (SSSR count). The Kier molecular flexibility index (Phi) is 7.24. The molecule has 1 aromatic carbocycles. The molecule has 0 spiro atoms. The van der Waals surface area contributed by atoms with Crippen LogP contribution < -0.4 is 10.6 Å². The summed E-state index contributed by atoms with van der Waals surface area (Å²) in [6.45, 7) is 3.39. The minimum Gasteiger partial charge on any atom is -0.459 e. The minimum atomic E-state index is -3.66. The first-order valence-electron chi connectivity index (χ1n) is 9.68. The van der Waals surface area contributed by atoms with Gasteiger partial charge in [0, 0.05) is 31.7 Å². The molecule has 0 unspecified atom stereocenters. The Balaban J connectivity index is 1.54. The van der Waals surface area contributed by atoms with Crippen LogP contribution in [0.4, 0.5) is 5.69 Å². The monoisotopic (exact) mass is 435 g/mol. The quantitative estimate of drug-likeness (QED) is 0.610. The molecule has 0 aliphatic carbocycles. The van der Waals surface area contributed by atoms with E-state index in [1.54, 1.807) is 31.2 Å². The van der Waals surface area contributed by atoms with Crippen molar-refractivity contribution in [1.29, 1.82) is 0 Å². The molecule has 1 aliphatic rings.